The fourth-order valence-corrected chi connectivity index (χ4v) is 2.18. The van der Waals surface area contributed by atoms with Crippen molar-refractivity contribution in [3.63, 3.8) is 0 Å². The van der Waals surface area contributed by atoms with E-state index in [1.165, 1.54) is 0 Å². The Morgan fingerprint density at radius 2 is 2.17 bits per heavy atom. The van der Waals surface area contributed by atoms with Crippen molar-refractivity contribution in [3.05, 3.63) is 23.8 Å². The quantitative estimate of drug-likeness (QED) is 0.811. The van der Waals surface area contributed by atoms with Crippen LogP contribution in [0.5, 0.6) is 11.5 Å². The fraction of sp³-hybridized carbons (Fsp3) is 0.571. The van der Waals surface area contributed by atoms with E-state index in [0.29, 0.717) is 19.3 Å². The summed E-state index contributed by atoms with van der Waals surface area (Å²) in [5.74, 6) is 2.20. The van der Waals surface area contributed by atoms with E-state index in [1.807, 2.05) is 18.2 Å². The molecule has 1 aromatic carbocycles. The van der Waals surface area contributed by atoms with Gasteiger partial charge in [0.2, 0.25) is 6.79 Å². The molecular weight excluding hydrogens is 230 g/mol. The number of nitrogens with one attached hydrogen (secondary N) is 1. The molecule has 18 heavy (non-hydrogen) atoms. The zero-order valence-electron chi connectivity index (χ0n) is 11.0. The van der Waals surface area contributed by atoms with Crippen LogP contribution in [0.3, 0.4) is 0 Å². The van der Waals surface area contributed by atoms with Crippen LogP contribution in [0.4, 0.5) is 0 Å². The van der Waals surface area contributed by atoms with Crippen molar-refractivity contribution in [1.82, 2.24) is 5.32 Å². The third kappa shape index (κ3) is 3.15. The van der Waals surface area contributed by atoms with Crippen LogP contribution < -0.4 is 14.8 Å². The van der Waals surface area contributed by atoms with Crippen LogP contribution in [-0.4, -0.2) is 24.5 Å². The topological polar surface area (TPSA) is 50.7 Å². The van der Waals surface area contributed by atoms with Crippen molar-refractivity contribution in [2.45, 2.75) is 32.9 Å². The Bertz CT molecular complexity index is 393. The van der Waals surface area contributed by atoms with Gasteiger partial charge in [-0.2, -0.15) is 0 Å². The summed E-state index contributed by atoms with van der Waals surface area (Å²) in [6.45, 7) is 5.44. The molecule has 0 amide bonds. The van der Waals surface area contributed by atoms with Crippen LogP contribution in [-0.2, 0) is 6.54 Å². The Balaban J connectivity index is 1.95. The first-order chi connectivity index (χ1) is 8.70. The van der Waals surface area contributed by atoms with Crippen molar-refractivity contribution in [1.29, 1.82) is 0 Å². The lowest BCUT2D eigenvalue weighted by molar-refractivity contribution is 0.172. The molecule has 1 aliphatic rings. The van der Waals surface area contributed by atoms with Crippen molar-refractivity contribution in [2.24, 2.45) is 5.92 Å². The average Bonchev–Trinajstić information content (AvgIpc) is 2.82. The van der Waals surface area contributed by atoms with E-state index >= 15 is 0 Å². The number of benzene rings is 1. The van der Waals surface area contributed by atoms with Crippen LogP contribution in [0.2, 0.25) is 0 Å². The lowest BCUT2D eigenvalue weighted by atomic mass is 10.0. The minimum Gasteiger partial charge on any atom is -0.454 e. The second-order valence-corrected chi connectivity index (χ2v) is 5.04. The van der Waals surface area contributed by atoms with Gasteiger partial charge in [-0.3, -0.25) is 0 Å². The summed E-state index contributed by atoms with van der Waals surface area (Å²) < 4.78 is 10.8. The van der Waals surface area contributed by atoms with Crippen LogP contribution in [0.25, 0.3) is 0 Å². The van der Waals surface area contributed by atoms with Gasteiger partial charge in [0.25, 0.3) is 0 Å². The molecule has 0 bridgehead atoms. The molecule has 100 valence electrons. The van der Waals surface area contributed by atoms with Gasteiger partial charge in [0.1, 0.15) is 0 Å². The van der Waals surface area contributed by atoms with Gasteiger partial charge in [-0.15, -0.1) is 0 Å². The van der Waals surface area contributed by atoms with Crippen LogP contribution in [0.15, 0.2) is 18.2 Å². The minimum absolute atomic E-state index is 0.128. The Hall–Kier alpha value is -1.26. The molecule has 0 aromatic heterocycles. The third-order valence-corrected chi connectivity index (χ3v) is 3.04. The molecule has 0 saturated carbocycles. The molecule has 0 saturated heterocycles. The highest BCUT2D eigenvalue weighted by Crippen LogP contribution is 2.35. The maximum Gasteiger partial charge on any atom is 0.231 e. The molecule has 0 fully saturated rings. The molecule has 0 spiro atoms. The number of fused-ring (bicyclic) bond motifs is 1. The summed E-state index contributed by atoms with van der Waals surface area (Å²) in [5, 5.41) is 12.7. The SMILES string of the molecule is CC(C)CC(CO)NCc1cccc2c1OCO2. The fourth-order valence-electron chi connectivity index (χ4n) is 2.18. The molecule has 1 unspecified atom stereocenters. The molecule has 0 aliphatic carbocycles. The van der Waals surface area contributed by atoms with Crippen molar-refractivity contribution < 1.29 is 14.6 Å². The summed E-state index contributed by atoms with van der Waals surface area (Å²) >= 11 is 0. The van der Waals surface area contributed by atoms with Gasteiger partial charge in [0, 0.05) is 18.2 Å². The standard InChI is InChI=1S/C14H21NO3/c1-10(2)6-12(8-16)15-7-11-4-3-5-13-14(11)18-9-17-13/h3-5,10,12,15-16H,6-9H2,1-2H3. The lowest BCUT2D eigenvalue weighted by Gasteiger charge is -2.18. The van der Waals surface area contributed by atoms with E-state index in [9.17, 15) is 5.11 Å². The number of hydrogen-bond acceptors (Lipinski definition) is 4. The Kier molecular flexibility index (Phi) is 4.44. The van der Waals surface area contributed by atoms with E-state index < -0.39 is 0 Å². The first-order valence-electron chi connectivity index (χ1n) is 6.42. The maximum atomic E-state index is 9.33. The van der Waals surface area contributed by atoms with Crippen LogP contribution in [0.1, 0.15) is 25.8 Å². The van der Waals surface area contributed by atoms with E-state index in [-0.39, 0.29) is 12.6 Å². The van der Waals surface area contributed by atoms with E-state index in [4.69, 9.17) is 9.47 Å². The number of rotatable bonds is 6. The minimum atomic E-state index is 0.128. The van der Waals surface area contributed by atoms with Gasteiger partial charge in [0.15, 0.2) is 11.5 Å². The van der Waals surface area contributed by atoms with Gasteiger partial charge in [-0.1, -0.05) is 26.0 Å². The van der Waals surface area contributed by atoms with Crippen molar-refractivity contribution in [3.8, 4) is 11.5 Å². The molecule has 2 N–H and O–H groups in total. The van der Waals surface area contributed by atoms with E-state index in [0.717, 1.165) is 23.5 Å². The summed E-state index contributed by atoms with van der Waals surface area (Å²) in [4.78, 5) is 0. The molecule has 0 radical (unpaired) electrons. The number of hydrogen-bond donors (Lipinski definition) is 2. The molecule has 2 rings (SSSR count). The highest BCUT2D eigenvalue weighted by atomic mass is 16.7. The van der Waals surface area contributed by atoms with Gasteiger partial charge in [-0.05, 0) is 18.4 Å². The van der Waals surface area contributed by atoms with Crippen LogP contribution in [0, 0.1) is 5.92 Å². The molecular formula is C14H21NO3. The summed E-state index contributed by atoms with van der Waals surface area (Å²) in [5.41, 5.74) is 1.08. The predicted molar refractivity (Wildman–Crippen MR) is 69.7 cm³/mol. The monoisotopic (exact) mass is 251 g/mol. The van der Waals surface area contributed by atoms with Gasteiger partial charge >= 0.3 is 0 Å². The largest absolute Gasteiger partial charge is 0.454 e. The second-order valence-electron chi connectivity index (χ2n) is 5.04. The summed E-state index contributed by atoms with van der Waals surface area (Å²) in [6, 6.07) is 6.01. The highest BCUT2D eigenvalue weighted by molar-refractivity contribution is 5.48. The molecule has 4 heteroatoms. The summed E-state index contributed by atoms with van der Waals surface area (Å²) in [6.07, 6.45) is 0.961. The van der Waals surface area contributed by atoms with E-state index in [1.54, 1.807) is 0 Å². The first-order valence-corrected chi connectivity index (χ1v) is 6.42. The number of aliphatic hydroxyl groups excluding tert-OH is 1. The molecule has 1 aliphatic heterocycles. The highest BCUT2D eigenvalue weighted by Gasteiger charge is 2.18. The van der Waals surface area contributed by atoms with Crippen molar-refractivity contribution in [2.75, 3.05) is 13.4 Å². The Labute approximate surface area is 108 Å². The number of aliphatic hydroxyl groups is 1. The zero-order valence-corrected chi connectivity index (χ0v) is 11.0. The molecule has 1 heterocycles. The third-order valence-electron chi connectivity index (χ3n) is 3.04. The number of para-hydroxylation sites is 1. The normalized spacial score (nSPS) is 15.1. The molecule has 4 nitrogen and oxygen atoms in total. The smallest absolute Gasteiger partial charge is 0.231 e. The Morgan fingerprint density at radius 3 is 2.89 bits per heavy atom. The predicted octanol–water partition coefficient (Wildman–Crippen LogP) is 1.91. The summed E-state index contributed by atoms with van der Waals surface area (Å²) in [7, 11) is 0. The number of ether oxygens (including phenoxy) is 2. The van der Waals surface area contributed by atoms with Gasteiger partial charge < -0.3 is 19.9 Å². The Morgan fingerprint density at radius 1 is 1.33 bits per heavy atom. The zero-order chi connectivity index (χ0) is 13.0. The van der Waals surface area contributed by atoms with Crippen LogP contribution >= 0.6 is 0 Å². The van der Waals surface area contributed by atoms with Gasteiger partial charge in [0.05, 0.1) is 6.61 Å². The maximum absolute atomic E-state index is 9.33. The average molecular weight is 251 g/mol. The first kappa shape index (κ1) is 13.2. The lowest BCUT2D eigenvalue weighted by Crippen LogP contribution is -2.33. The van der Waals surface area contributed by atoms with Crippen molar-refractivity contribution >= 4 is 0 Å². The molecule has 1 aromatic rings. The molecule has 1 atom stereocenters. The van der Waals surface area contributed by atoms with Gasteiger partial charge in [-0.25, -0.2) is 0 Å². The second kappa shape index (κ2) is 6.07. The van der Waals surface area contributed by atoms with E-state index in [2.05, 4.69) is 19.2 Å².